The summed E-state index contributed by atoms with van der Waals surface area (Å²) in [6.45, 7) is 3.07. The Hall–Kier alpha value is -3.46. The van der Waals surface area contributed by atoms with Crippen molar-refractivity contribution in [3.8, 4) is 11.5 Å². The van der Waals surface area contributed by atoms with E-state index in [-0.39, 0.29) is 11.6 Å². The lowest BCUT2D eigenvalue weighted by Gasteiger charge is -2.11. The molecule has 0 spiro atoms. The number of nitro benzene ring substituents is 1. The van der Waals surface area contributed by atoms with Crippen molar-refractivity contribution >= 4 is 17.2 Å². The highest BCUT2D eigenvalue weighted by atomic mass is 16.6. The zero-order valence-electron chi connectivity index (χ0n) is 15.9. The number of aryl methyl sites for hydroxylation is 1. The van der Waals surface area contributed by atoms with E-state index in [1.807, 2.05) is 19.0 Å². The molecule has 3 rings (SSSR count). The van der Waals surface area contributed by atoms with Crippen LogP contribution in [0.3, 0.4) is 0 Å². The third kappa shape index (κ3) is 4.26. The largest absolute Gasteiger partial charge is 0.457 e. The fourth-order valence-electron chi connectivity index (χ4n) is 2.73. The van der Waals surface area contributed by atoms with Gasteiger partial charge in [0.25, 0.3) is 11.6 Å². The summed E-state index contributed by atoms with van der Waals surface area (Å²) in [5.74, 6) is 0.807. The van der Waals surface area contributed by atoms with Gasteiger partial charge in [-0.2, -0.15) is 0 Å². The molecule has 0 aliphatic heterocycles. The number of carbonyl (C=O) groups is 1. The Balaban J connectivity index is 1.79. The smallest absolute Gasteiger partial charge is 0.270 e. The standard InChI is InChI=1S/C19H21N5O4/c1-13-18(19(25)20-9-11-22(2)3)23-10-8-16(12-17(23)21-13)28-15-6-4-14(5-7-15)24(26)27/h4-8,10,12H,9,11H2,1-3H3,(H,20,25). The molecule has 0 aliphatic carbocycles. The Bertz CT molecular complexity index is 1010. The molecule has 0 unspecified atom stereocenters. The minimum Gasteiger partial charge on any atom is -0.457 e. The monoisotopic (exact) mass is 383 g/mol. The second-order valence-corrected chi connectivity index (χ2v) is 6.55. The highest BCUT2D eigenvalue weighted by molar-refractivity contribution is 5.94. The number of likely N-dealkylation sites (N-methyl/N-ethyl adjacent to an activating group) is 1. The van der Waals surface area contributed by atoms with E-state index in [1.54, 1.807) is 29.7 Å². The Morgan fingerprint density at radius 1 is 1.25 bits per heavy atom. The van der Waals surface area contributed by atoms with Gasteiger partial charge in [-0.1, -0.05) is 0 Å². The topological polar surface area (TPSA) is 102 Å². The number of carbonyl (C=O) groups excluding carboxylic acids is 1. The molecule has 1 amide bonds. The van der Waals surface area contributed by atoms with Crippen LogP contribution in [0, 0.1) is 17.0 Å². The number of imidazole rings is 1. The molecule has 0 bridgehead atoms. The van der Waals surface area contributed by atoms with Crippen molar-refractivity contribution in [1.29, 1.82) is 0 Å². The molecule has 0 atom stereocenters. The van der Waals surface area contributed by atoms with E-state index >= 15 is 0 Å². The fourth-order valence-corrected chi connectivity index (χ4v) is 2.73. The van der Waals surface area contributed by atoms with Gasteiger partial charge in [0.15, 0.2) is 0 Å². The maximum atomic E-state index is 12.5. The van der Waals surface area contributed by atoms with Crippen LogP contribution in [-0.4, -0.2) is 52.3 Å². The predicted octanol–water partition coefficient (Wildman–Crippen LogP) is 2.63. The molecule has 3 aromatic rings. The maximum absolute atomic E-state index is 12.5. The summed E-state index contributed by atoms with van der Waals surface area (Å²) in [6, 6.07) is 9.25. The van der Waals surface area contributed by atoms with E-state index in [0.717, 1.165) is 6.54 Å². The lowest BCUT2D eigenvalue weighted by molar-refractivity contribution is -0.384. The second kappa shape index (κ2) is 8.05. The van der Waals surface area contributed by atoms with Gasteiger partial charge in [0, 0.05) is 37.5 Å². The summed E-state index contributed by atoms with van der Waals surface area (Å²) in [5, 5.41) is 13.6. The van der Waals surface area contributed by atoms with Crippen LogP contribution in [0.5, 0.6) is 11.5 Å². The molecule has 2 heterocycles. The number of benzene rings is 1. The van der Waals surface area contributed by atoms with Gasteiger partial charge in [-0.15, -0.1) is 0 Å². The molecule has 1 N–H and O–H groups in total. The molecule has 28 heavy (non-hydrogen) atoms. The van der Waals surface area contributed by atoms with Crippen LogP contribution in [0.4, 0.5) is 5.69 Å². The maximum Gasteiger partial charge on any atom is 0.270 e. The van der Waals surface area contributed by atoms with Crippen LogP contribution in [0.2, 0.25) is 0 Å². The van der Waals surface area contributed by atoms with E-state index < -0.39 is 4.92 Å². The van der Waals surface area contributed by atoms with E-state index in [9.17, 15) is 14.9 Å². The van der Waals surface area contributed by atoms with Gasteiger partial charge in [0.05, 0.1) is 10.6 Å². The summed E-state index contributed by atoms with van der Waals surface area (Å²) < 4.78 is 7.45. The van der Waals surface area contributed by atoms with Crippen molar-refractivity contribution < 1.29 is 14.5 Å². The lowest BCUT2D eigenvalue weighted by atomic mass is 10.3. The van der Waals surface area contributed by atoms with Crippen molar-refractivity contribution in [2.24, 2.45) is 0 Å². The molecular weight excluding hydrogens is 362 g/mol. The van der Waals surface area contributed by atoms with Gasteiger partial charge in [0.2, 0.25) is 0 Å². The summed E-state index contributed by atoms with van der Waals surface area (Å²) in [7, 11) is 3.89. The average molecular weight is 383 g/mol. The number of non-ortho nitro benzene ring substituents is 1. The van der Waals surface area contributed by atoms with Crippen LogP contribution >= 0.6 is 0 Å². The number of nitrogens with zero attached hydrogens (tertiary/aromatic N) is 4. The first kappa shape index (κ1) is 19.3. The van der Waals surface area contributed by atoms with E-state index in [2.05, 4.69) is 10.3 Å². The van der Waals surface area contributed by atoms with Gasteiger partial charge < -0.3 is 15.0 Å². The Morgan fingerprint density at radius 2 is 1.96 bits per heavy atom. The van der Waals surface area contributed by atoms with Crippen molar-refractivity contribution in [2.45, 2.75) is 6.92 Å². The predicted molar refractivity (Wildman–Crippen MR) is 104 cm³/mol. The Labute approximate surface area is 161 Å². The summed E-state index contributed by atoms with van der Waals surface area (Å²) in [5.41, 5.74) is 1.68. The second-order valence-electron chi connectivity index (χ2n) is 6.55. The Morgan fingerprint density at radius 3 is 2.61 bits per heavy atom. The first-order valence-corrected chi connectivity index (χ1v) is 8.69. The molecular formula is C19H21N5O4. The first-order valence-electron chi connectivity index (χ1n) is 8.69. The number of nitro groups is 1. The third-order valence-corrected chi connectivity index (χ3v) is 4.11. The quantitative estimate of drug-likeness (QED) is 0.497. The average Bonchev–Trinajstić information content (AvgIpc) is 2.96. The van der Waals surface area contributed by atoms with E-state index in [1.165, 1.54) is 24.3 Å². The third-order valence-electron chi connectivity index (χ3n) is 4.11. The van der Waals surface area contributed by atoms with E-state index in [0.29, 0.717) is 35.1 Å². The van der Waals surface area contributed by atoms with Crippen molar-refractivity contribution in [1.82, 2.24) is 19.6 Å². The van der Waals surface area contributed by atoms with Gasteiger partial charge in [-0.3, -0.25) is 19.3 Å². The number of rotatable bonds is 7. The fraction of sp³-hybridized carbons (Fsp3) is 0.263. The number of fused-ring (bicyclic) bond motifs is 1. The molecule has 0 saturated heterocycles. The van der Waals surface area contributed by atoms with Crippen molar-refractivity contribution in [3.05, 3.63) is 64.1 Å². The molecule has 0 aliphatic rings. The first-order chi connectivity index (χ1) is 13.3. The van der Waals surface area contributed by atoms with Crippen LogP contribution in [0.15, 0.2) is 42.6 Å². The van der Waals surface area contributed by atoms with Crippen LogP contribution in [0.1, 0.15) is 16.2 Å². The van der Waals surface area contributed by atoms with Gasteiger partial charge in [-0.05, 0) is 39.2 Å². The van der Waals surface area contributed by atoms with Crippen molar-refractivity contribution in [3.63, 3.8) is 0 Å². The SMILES string of the molecule is Cc1nc2cc(Oc3ccc([N+](=O)[O-])cc3)ccn2c1C(=O)NCCN(C)C. The molecule has 9 nitrogen and oxygen atoms in total. The summed E-state index contributed by atoms with van der Waals surface area (Å²) in [6.07, 6.45) is 1.72. The summed E-state index contributed by atoms with van der Waals surface area (Å²) in [4.78, 5) is 29.2. The normalized spacial score (nSPS) is 11.0. The van der Waals surface area contributed by atoms with Gasteiger partial charge in [-0.25, -0.2) is 4.98 Å². The van der Waals surface area contributed by atoms with Gasteiger partial charge in [0.1, 0.15) is 22.8 Å². The number of amides is 1. The van der Waals surface area contributed by atoms with Crippen LogP contribution in [0.25, 0.3) is 5.65 Å². The van der Waals surface area contributed by atoms with Crippen LogP contribution in [-0.2, 0) is 0 Å². The molecule has 0 fully saturated rings. The summed E-state index contributed by atoms with van der Waals surface area (Å²) >= 11 is 0. The number of pyridine rings is 1. The van der Waals surface area contributed by atoms with Gasteiger partial charge >= 0.3 is 0 Å². The highest BCUT2D eigenvalue weighted by Crippen LogP contribution is 2.25. The lowest BCUT2D eigenvalue weighted by Crippen LogP contribution is -2.32. The molecule has 2 aromatic heterocycles. The van der Waals surface area contributed by atoms with Crippen LogP contribution < -0.4 is 10.1 Å². The molecule has 0 radical (unpaired) electrons. The molecule has 146 valence electrons. The number of aromatic nitrogens is 2. The minimum atomic E-state index is -0.464. The highest BCUT2D eigenvalue weighted by Gasteiger charge is 2.17. The minimum absolute atomic E-state index is 0.00314. The van der Waals surface area contributed by atoms with Crippen molar-refractivity contribution in [2.75, 3.05) is 27.2 Å². The number of nitrogens with one attached hydrogen (secondary N) is 1. The molecule has 9 heteroatoms. The molecule has 0 saturated carbocycles. The molecule has 1 aromatic carbocycles. The number of hydrogen-bond donors (Lipinski definition) is 1. The Kier molecular flexibility index (Phi) is 5.55. The van der Waals surface area contributed by atoms with E-state index in [4.69, 9.17) is 4.74 Å². The number of ether oxygens (including phenoxy) is 1. The number of hydrogen-bond acceptors (Lipinski definition) is 6. The zero-order chi connectivity index (χ0) is 20.3. The zero-order valence-corrected chi connectivity index (χ0v) is 15.9.